The molecule has 0 aliphatic heterocycles. The Morgan fingerprint density at radius 3 is 2.47 bits per heavy atom. The molecule has 158 valence electrons. The molecule has 0 radical (unpaired) electrons. The van der Waals surface area contributed by atoms with Crippen LogP contribution in [-0.4, -0.2) is 24.1 Å². The molecule has 0 heterocycles. The quantitative estimate of drug-likeness (QED) is 0.404. The van der Waals surface area contributed by atoms with Crippen LogP contribution in [0.2, 0.25) is 5.02 Å². The lowest BCUT2D eigenvalue weighted by Gasteiger charge is -2.09. The molecule has 0 spiro atoms. The van der Waals surface area contributed by atoms with E-state index in [1.54, 1.807) is 36.4 Å². The molecule has 3 rings (SSSR count). The molecule has 1 amide bonds. The maximum atomic E-state index is 12.7. The maximum absolute atomic E-state index is 12.7. The number of hydrogen-bond acceptors (Lipinski definition) is 4. The number of aliphatic imine (C=N–C) groups is 1. The molecule has 0 unspecified atom stereocenters. The van der Waals surface area contributed by atoms with Crippen molar-refractivity contribution in [1.82, 2.24) is 0 Å². The third-order valence-electron chi connectivity index (χ3n) is 4.43. The van der Waals surface area contributed by atoms with Gasteiger partial charge in [0.15, 0.2) is 0 Å². The summed E-state index contributed by atoms with van der Waals surface area (Å²) in [6.07, 6.45) is -0.223. The molecule has 0 aromatic heterocycles. The Labute approximate surface area is 181 Å². The summed E-state index contributed by atoms with van der Waals surface area (Å²) in [4.78, 5) is 17.7. The van der Waals surface area contributed by atoms with Crippen molar-refractivity contribution < 1.29 is 18.0 Å². The Balaban J connectivity index is 1.76. The van der Waals surface area contributed by atoms with Gasteiger partial charge in [-0.2, -0.15) is 13.2 Å². The summed E-state index contributed by atoms with van der Waals surface area (Å²) in [6, 6.07) is 11.7. The third-order valence-corrected chi connectivity index (χ3v) is 5.48. The van der Waals surface area contributed by atoms with Gasteiger partial charge >= 0.3 is 6.18 Å². The van der Waals surface area contributed by atoms with Crippen molar-refractivity contribution in [2.24, 2.45) is 16.6 Å². The number of allylic oxidation sites excluding steroid dienone is 2. The van der Waals surface area contributed by atoms with Gasteiger partial charge in [-0.3, -0.25) is 9.79 Å². The number of alkyl halides is 3. The number of anilines is 1. The smallest absolute Gasteiger partial charge is 0.395 e. The Kier molecular flexibility index (Phi) is 6.77. The van der Waals surface area contributed by atoms with Crippen LogP contribution in [0, 0.1) is 5.92 Å². The van der Waals surface area contributed by atoms with E-state index in [1.807, 2.05) is 12.3 Å². The summed E-state index contributed by atoms with van der Waals surface area (Å²) in [6.45, 7) is 0. The Bertz CT molecular complexity index is 1000. The molecule has 0 saturated heterocycles. The van der Waals surface area contributed by atoms with Crippen LogP contribution in [0.5, 0.6) is 0 Å². The second-order valence-electron chi connectivity index (χ2n) is 6.76. The van der Waals surface area contributed by atoms with E-state index >= 15 is 0 Å². The predicted octanol–water partition coefficient (Wildman–Crippen LogP) is 6.20. The lowest BCUT2D eigenvalue weighted by molar-refractivity contribution is -0.0925. The van der Waals surface area contributed by atoms with Gasteiger partial charge in [-0.05, 0) is 67.6 Å². The van der Waals surface area contributed by atoms with Crippen molar-refractivity contribution in [1.29, 1.82) is 0 Å². The molecule has 1 saturated carbocycles. The standard InChI is InChI=1S/C21H19ClF3N3OS/c1-30-15-8-9-17(22)16(10-15)20(29)28-14-6-4-13(5-7-14)27-18(12-2-3-12)11-19(26)21(23,24)25/h4-12H,2-3,26H2,1H3,(H,28,29). The van der Waals surface area contributed by atoms with E-state index < -0.39 is 11.9 Å². The highest BCUT2D eigenvalue weighted by atomic mass is 35.5. The molecule has 2 aromatic rings. The van der Waals surface area contributed by atoms with Crippen LogP contribution in [0.4, 0.5) is 24.5 Å². The average molecular weight is 454 g/mol. The fourth-order valence-corrected chi connectivity index (χ4v) is 3.28. The average Bonchev–Trinajstić information content (AvgIpc) is 3.53. The van der Waals surface area contributed by atoms with E-state index in [1.165, 1.54) is 11.8 Å². The largest absolute Gasteiger partial charge is 0.430 e. The van der Waals surface area contributed by atoms with Gasteiger partial charge in [0, 0.05) is 22.2 Å². The number of amides is 1. The van der Waals surface area contributed by atoms with Crippen LogP contribution >= 0.6 is 23.4 Å². The Morgan fingerprint density at radius 1 is 1.23 bits per heavy atom. The summed E-state index contributed by atoms with van der Waals surface area (Å²) < 4.78 is 38.2. The summed E-state index contributed by atoms with van der Waals surface area (Å²) in [5.41, 5.74) is 5.62. The summed E-state index contributed by atoms with van der Waals surface area (Å²) in [7, 11) is 0. The summed E-state index contributed by atoms with van der Waals surface area (Å²) >= 11 is 7.62. The highest BCUT2D eigenvalue weighted by molar-refractivity contribution is 7.98. The molecule has 3 N–H and O–H groups in total. The van der Waals surface area contributed by atoms with Gasteiger partial charge in [0.1, 0.15) is 5.70 Å². The zero-order valence-corrected chi connectivity index (χ0v) is 17.5. The van der Waals surface area contributed by atoms with Crippen molar-refractivity contribution in [3.63, 3.8) is 0 Å². The van der Waals surface area contributed by atoms with E-state index in [0.717, 1.165) is 23.8 Å². The van der Waals surface area contributed by atoms with Gasteiger partial charge < -0.3 is 11.1 Å². The molecular weight excluding hydrogens is 435 g/mol. The molecule has 30 heavy (non-hydrogen) atoms. The van der Waals surface area contributed by atoms with Crippen LogP contribution in [-0.2, 0) is 0 Å². The van der Waals surface area contributed by atoms with Gasteiger partial charge in [-0.15, -0.1) is 11.8 Å². The molecule has 1 aliphatic rings. The molecular formula is C21H19ClF3N3OS. The van der Waals surface area contributed by atoms with E-state index in [0.29, 0.717) is 27.7 Å². The molecule has 1 fully saturated rings. The van der Waals surface area contributed by atoms with Crippen molar-refractivity contribution in [2.45, 2.75) is 23.9 Å². The van der Waals surface area contributed by atoms with Crippen molar-refractivity contribution >= 4 is 46.4 Å². The third kappa shape index (κ3) is 5.79. The number of nitrogens with two attached hydrogens (primary N) is 1. The van der Waals surface area contributed by atoms with Crippen molar-refractivity contribution in [2.75, 3.05) is 11.6 Å². The SMILES string of the molecule is CSc1ccc(Cl)c(C(=O)Nc2ccc(N=C(C=C(N)C(F)(F)F)C3CC3)cc2)c1. The number of carbonyl (C=O) groups excluding carboxylic acids is 1. The number of hydrogen-bond donors (Lipinski definition) is 2. The summed E-state index contributed by atoms with van der Waals surface area (Å²) in [5.74, 6) is -0.372. The lowest BCUT2D eigenvalue weighted by Crippen LogP contribution is -2.21. The van der Waals surface area contributed by atoms with E-state index in [-0.39, 0.29) is 11.8 Å². The number of thioether (sulfide) groups is 1. The first-order valence-electron chi connectivity index (χ1n) is 9.05. The number of nitrogens with zero attached hydrogens (tertiary/aromatic N) is 1. The first kappa shape index (κ1) is 22.2. The number of benzene rings is 2. The van der Waals surface area contributed by atoms with Gasteiger partial charge in [-0.1, -0.05) is 11.6 Å². The van der Waals surface area contributed by atoms with Gasteiger partial charge in [0.25, 0.3) is 5.91 Å². The molecule has 9 heteroatoms. The van der Waals surface area contributed by atoms with Crippen LogP contribution in [0.25, 0.3) is 0 Å². The van der Waals surface area contributed by atoms with Crippen LogP contribution in [0.1, 0.15) is 23.2 Å². The number of nitrogens with one attached hydrogen (secondary N) is 1. The van der Waals surface area contributed by atoms with Crippen LogP contribution in [0.3, 0.4) is 0 Å². The number of halogens is 4. The molecule has 0 atom stereocenters. The predicted molar refractivity (Wildman–Crippen MR) is 116 cm³/mol. The Hall–Kier alpha value is -2.45. The second kappa shape index (κ2) is 9.14. The maximum Gasteiger partial charge on any atom is 0.430 e. The fourth-order valence-electron chi connectivity index (χ4n) is 2.63. The minimum atomic E-state index is -4.58. The van der Waals surface area contributed by atoms with E-state index in [9.17, 15) is 18.0 Å². The number of carbonyl (C=O) groups is 1. The highest BCUT2D eigenvalue weighted by Gasteiger charge is 2.34. The molecule has 4 nitrogen and oxygen atoms in total. The number of rotatable bonds is 6. The molecule has 0 bridgehead atoms. The molecule has 1 aliphatic carbocycles. The van der Waals surface area contributed by atoms with E-state index in [2.05, 4.69) is 10.3 Å². The van der Waals surface area contributed by atoms with Crippen LogP contribution < -0.4 is 11.1 Å². The first-order valence-corrected chi connectivity index (χ1v) is 10.7. The minimum absolute atomic E-state index is 0.0175. The Morgan fingerprint density at radius 2 is 1.90 bits per heavy atom. The lowest BCUT2D eigenvalue weighted by atomic mass is 10.2. The summed E-state index contributed by atoms with van der Waals surface area (Å²) in [5, 5.41) is 3.10. The zero-order chi connectivity index (χ0) is 21.9. The van der Waals surface area contributed by atoms with Crippen molar-refractivity contribution in [3.8, 4) is 0 Å². The van der Waals surface area contributed by atoms with Gasteiger partial charge in [0.05, 0.1) is 16.3 Å². The zero-order valence-electron chi connectivity index (χ0n) is 16.0. The van der Waals surface area contributed by atoms with Crippen molar-refractivity contribution in [3.05, 3.63) is 64.8 Å². The highest BCUT2D eigenvalue weighted by Crippen LogP contribution is 2.34. The molecule has 2 aromatic carbocycles. The first-order chi connectivity index (χ1) is 14.2. The second-order valence-corrected chi connectivity index (χ2v) is 8.04. The van der Waals surface area contributed by atoms with Gasteiger partial charge in [-0.25, -0.2) is 0 Å². The topological polar surface area (TPSA) is 67.5 Å². The van der Waals surface area contributed by atoms with Gasteiger partial charge in [0.2, 0.25) is 0 Å². The monoisotopic (exact) mass is 453 g/mol. The normalized spacial score (nSPS) is 15.2. The minimum Gasteiger partial charge on any atom is -0.395 e. The fraction of sp³-hybridized carbons (Fsp3) is 0.238. The van der Waals surface area contributed by atoms with Crippen LogP contribution in [0.15, 0.2) is 64.1 Å². The van der Waals surface area contributed by atoms with E-state index in [4.69, 9.17) is 17.3 Å².